The number of fused-ring (bicyclic) bond motifs is 6. The van der Waals surface area contributed by atoms with Crippen LogP contribution in [0.3, 0.4) is 0 Å². The molecule has 0 unspecified atom stereocenters. The molecule has 0 amide bonds. The first-order valence-corrected chi connectivity index (χ1v) is 10.5. The number of cyclic esters (lactones) is 1. The zero-order chi connectivity index (χ0) is 20.8. The molecule has 6 rings (SSSR count). The van der Waals surface area contributed by atoms with Crippen molar-refractivity contribution in [2.75, 3.05) is 6.79 Å². The summed E-state index contributed by atoms with van der Waals surface area (Å²) in [5.74, 6) is 0.529. The van der Waals surface area contributed by atoms with E-state index in [2.05, 4.69) is 15.9 Å². The van der Waals surface area contributed by atoms with E-state index in [1.165, 1.54) is 6.92 Å². The first-order chi connectivity index (χ1) is 14.4. The Kier molecular flexibility index (Phi) is 3.48. The summed E-state index contributed by atoms with van der Waals surface area (Å²) in [6.45, 7) is 1.72. The molecule has 3 aromatic rings. The Labute approximate surface area is 178 Å². The molecule has 0 bridgehead atoms. The van der Waals surface area contributed by atoms with Crippen molar-refractivity contribution in [3.8, 4) is 22.9 Å². The number of benzene rings is 1. The summed E-state index contributed by atoms with van der Waals surface area (Å²) in [5.41, 5.74) is 2.28. The Morgan fingerprint density at radius 1 is 1.17 bits per heavy atom. The number of halogens is 1. The maximum absolute atomic E-state index is 13.2. The fraction of sp³-hybridized carbons (Fsp3) is 0.286. The molecule has 0 radical (unpaired) electrons. The van der Waals surface area contributed by atoms with E-state index < -0.39 is 11.6 Å². The maximum Gasteiger partial charge on any atom is 0.342 e. The third-order valence-electron chi connectivity index (χ3n) is 6.06. The van der Waals surface area contributed by atoms with Gasteiger partial charge in [0.15, 0.2) is 17.1 Å². The van der Waals surface area contributed by atoms with Gasteiger partial charge in [0.2, 0.25) is 6.79 Å². The number of aliphatic hydroxyl groups is 1. The molecule has 1 N–H and O–H groups in total. The maximum atomic E-state index is 13.2. The fourth-order valence-electron chi connectivity index (χ4n) is 4.46. The molecule has 0 fully saturated rings. The van der Waals surface area contributed by atoms with Crippen LogP contribution in [0.1, 0.15) is 29.2 Å². The molecule has 5 heterocycles. The van der Waals surface area contributed by atoms with Gasteiger partial charge in [0, 0.05) is 27.9 Å². The average molecular weight is 471 g/mol. The van der Waals surface area contributed by atoms with E-state index in [0.717, 1.165) is 22.0 Å². The number of pyridine rings is 2. The van der Waals surface area contributed by atoms with Gasteiger partial charge in [-0.1, -0.05) is 15.9 Å². The van der Waals surface area contributed by atoms with Crippen LogP contribution in [0.5, 0.6) is 11.5 Å². The van der Waals surface area contributed by atoms with Gasteiger partial charge in [-0.15, -0.1) is 0 Å². The van der Waals surface area contributed by atoms with E-state index in [1.54, 1.807) is 10.6 Å². The summed E-state index contributed by atoms with van der Waals surface area (Å²) in [6, 6.07) is 5.43. The summed E-state index contributed by atoms with van der Waals surface area (Å²) in [5, 5.41) is 12.2. The van der Waals surface area contributed by atoms with Gasteiger partial charge in [-0.25, -0.2) is 9.78 Å². The van der Waals surface area contributed by atoms with Crippen LogP contribution >= 0.6 is 15.9 Å². The molecule has 3 aliphatic heterocycles. The zero-order valence-corrected chi connectivity index (χ0v) is 17.4. The van der Waals surface area contributed by atoms with Crippen molar-refractivity contribution in [2.24, 2.45) is 0 Å². The van der Waals surface area contributed by atoms with Crippen LogP contribution in [-0.4, -0.2) is 27.4 Å². The second kappa shape index (κ2) is 5.83. The van der Waals surface area contributed by atoms with Crippen LogP contribution < -0.4 is 15.0 Å². The number of hydrogen-bond acceptors (Lipinski definition) is 7. The Bertz CT molecular complexity index is 1360. The Hall–Kier alpha value is -2.91. The number of carbonyl (C=O) groups is 1. The Balaban J connectivity index is 1.66. The lowest BCUT2D eigenvalue weighted by Gasteiger charge is -2.29. The van der Waals surface area contributed by atoms with Gasteiger partial charge in [0.25, 0.3) is 5.56 Å². The highest BCUT2D eigenvalue weighted by Crippen LogP contribution is 2.43. The fourth-order valence-corrected chi connectivity index (χ4v) is 5.10. The molecule has 3 aliphatic rings. The highest BCUT2D eigenvalue weighted by atomic mass is 79.9. The first-order valence-electron chi connectivity index (χ1n) is 9.38. The molecule has 1 aromatic carbocycles. The van der Waals surface area contributed by atoms with Crippen molar-refractivity contribution >= 4 is 32.8 Å². The van der Waals surface area contributed by atoms with Crippen molar-refractivity contribution in [1.29, 1.82) is 0 Å². The van der Waals surface area contributed by atoms with Gasteiger partial charge in [-0.05, 0) is 24.6 Å². The third kappa shape index (κ3) is 2.16. The minimum Gasteiger partial charge on any atom is -0.458 e. The molecule has 152 valence electrons. The molecule has 0 saturated carbocycles. The van der Waals surface area contributed by atoms with Crippen molar-refractivity contribution in [3.05, 3.63) is 50.8 Å². The van der Waals surface area contributed by atoms with Crippen LogP contribution in [-0.2, 0) is 33.6 Å². The lowest BCUT2D eigenvalue weighted by atomic mass is 9.89. The predicted octanol–water partition coefficient (Wildman–Crippen LogP) is 2.31. The van der Waals surface area contributed by atoms with Gasteiger partial charge in [-0.2, -0.15) is 0 Å². The Morgan fingerprint density at radius 2 is 1.93 bits per heavy atom. The van der Waals surface area contributed by atoms with Gasteiger partial charge >= 0.3 is 5.97 Å². The molecule has 0 saturated heterocycles. The largest absolute Gasteiger partial charge is 0.458 e. The van der Waals surface area contributed by atoms with E-state index in [4.69, 9.17) is 19.2 Å². The molecule has 9 heteroatoms. The molecule has 1 atom stereocenters. The van der Waals surface area contributed by atoms with E-state index >= 15 is 0 Å². The zero-order valence-electron chi connectivity index (χ0n) is 15.8. The second-order valence-electron chi connectivity index (χ2n) is 7.74. The number of nitrogens with zero attached hydrogens (tertiary/aromatic N) is 2. The van der Waals surface area contributed by atoms with E-state index in [9.17, 15) is 14.7 Å². The van der Waals surface area contributed by atoms with Gasteiger partial charge in [0.05, 0.1) is 29.0 Å². The smallest absolute Gasteiger partial charge is 0.342 e. The van der Waals surface area contributed by atoms with Crippen LogP contribution in [0.25, 0.3) is 22.3 Å². The lowest BCUT2D eigenvalue weighted by Crippen LogP contribution is -2.42. The van der Waals surface area contributed by atoms with Crippen molar-refractivity contribution in [2.45, 2.75) is 31.0 Å². The van der Waals surface area contributed by atoms with Crippen LogP contribution in [0.15, 0.2) is 23.0 Å². The summed E-state index contributed by atoms with van der Waals surface area (Å²) < 4.78 is 17.7. The minimum absolute atomic E-state index is 0.151. The quantitative estimate of drug-likeness (QED) is 0.336. The van der Waals surface area contributed by atoms with Crippen molar-refractivity contribution in [1.82, 2.24) is 9.55 Å². The van der Waals surface area contributed by atoms with E-state index in [1.807, 2.05) is 12.1 Å². The summed E-state index contributed by atoms with van der Waals surface area (Å²) in [6.07, 6.45) is 0. The number of ether oxygens (including phenoxy) is 3. The molecule has 2 aromatic heterocycles. The van der Waals surface area contributed by atoms with Gasteiger partial charge in [0.1, 0.15) is 6.61 Å². The van der Waals surface area contributed by atoms with Crippen molar-refractivity contribution in [3.63, 3.8) is 0 Å². The van der Waals surface area contributed by atoms with Gasteiger partial charge < -0.3 is 23.9 Å². The number of aromatic nitrogens is 2. The normalized spacial score (nSPS) is 20.7. The number of hydrogen-bond donors (Lipinski definition) is 1. The number of esters is 1. The van der Waals surface area contributed by atoms with Crippen LogP contribution in [0.2, 0.25) is 0 Å². The molecule has 8 nitrogen and oxygen atoms in total. The predicted molar refractivity (Wildman–Crippen MR) is 109 cm³/mol. The molecule has 0 aliphatic carbocycles. The standard InChI is InChI=1S/C21H15BrN2O6/c1-21(27)13-3-15-18-11(6-24(15)19(25)12(13)7-28-20(21)26)10(5-22)9-2-16-17(30-8-29-16)4-14(9)23-18/h2-4,27H,5-8H2,1H3/t21-/m0/s1. The van der Waals surface area contributed by atoms with E-state index in [-0.39, 0.29) is 24.5 Å². The molecule has 30 heavy (non-hydrogen) atoms. The third-order valence-corrected chi connectivity index (χ3v) is 6.62. The SMILES string of the molecule is C[C@@]1(O)C(=O)OCc2c1cc1n(c2=O)Cc2c-1nc1cc3c(cc1c2CBr)OCO3. The van der Waals surface area contributed by atoms with E-state index in [0.29, 0.717) is 40.3 Å². The lowest BCUT2D eigenvalue weighted by molar-refractivity contribution is -0.169. The minimum atomic E-state index is -1.88. The molecular weight excluding hydrogens is 456 g/mol. The highest BCUT2D eigenvalue weighted by molar-refractivity contribution is 9.08. The first kappa shape index (κ1) is 17.9. The molecule has 0 spiro atoms. The summed E-state index contributed by atoms with van der Waals surface area (Å²) in [7, 11) is 0. The van der Waals surface area contributed by atoms with Crippen molar-refractivity contribution < 1.29 is 24.1 Å². The monoisotopic (exact) mass is 470 g/mol. The highest BCUT2D eigenvalue weighted by Gasteiger charge is 2.43. The average Bonchev–Trinajstić information content (AvgIpc) is 3.32. The second-order valence-corrected chi connectivity index (χ2v) is 8.30. The Morgan fingerprint density at radius 3 is 2.70 bits per heavy atom. The van der Waals surface area contributed by atoms with Crippen LogP contribution in [0.4, 0.5) is 0 Å². The number of rotatable bonds is 1. The summed E-state index contributed by atoms with van der Waals surface area (Å²) >= 11 is 3.58. The topological polar surface area (TPSA) is 99.9 Å². The number of alkyl halides is 1. The summed E-state index contributed by atoms with van der Waals surface area (Å²) in [4.78, 5) is 30.1. The molecular formula is C21H15BrN2O6. The van der Waals surface area contributed by atoms with Gasteiger partial charge in [-0.3, -0.25) is 4.79 Å². The number of carbonyl (C=O) groups excluding carboxylic acids is 1. The van der Waals surface area contributed by atoms with Crippen LogP contribution in [0, 0.1) is 0 Å².